The molecule has 0 aromatic heterocycles. The van der Waals surface area contributed by atoms with Gasteiger partial charge in [0, 0.05) is 48.3 Å². The van der Waals surface area contributed by atoms with Crippen LogP contribution in [0, 0.1) is 5.82 Å². The normalized spacial score (nSPS) is 17.4. The molecular weight excluding hydrogens is 581 g/mol. The van der Waals surface area contributed by atoms with Gasteiger partial charge in [-0.05, 0) is 66.9 Å². The Labute approximate surface area is 229 Å². The molecule has 0 atom stereocenters. The molecule has 1 saturated heterocycles. The highest BCUT2D eigenvalue weighted by atomic mass is 79.9. The van der Waals surface area contributed by atoms with E-state index in [2.05, 4.69) is 26.1 Å². The minimum atomic E-state index is -3.80. The van der Waals surface area contributed by atoms with Gasteiger partial charge in [0.15, 0.2) is 0 Å². The van der Waals surface area contributed by atoms with Crippen molar-refractivity contribution >= 4 is 49.1 Å². The highest BCUT2D eigenvalue weighted by molar-refractivity contribution is 9.10. The Morgan fingerprint density at radius 3 is 2.35 bits per heavy atom. The molecule has 2 aliphatic rings. The lowest BCUT2D eigenvalue weighted by molar-refractivity contribution is 0.0949. The lowest BCUT2D eigenvalue weighted by atomic mass is 9.95. The fraction of sp³-hybridized carbons (Fsp3) is 0.296. The Morgan fingerprint density at radius 1 is 1.00 bits per heavy atom. The number of benzene rings is 3. The molecule has 1 heterocycles. The van der Waals surface area contributed by atoms with Gasteiger partial charge in [0.2, 0.25) is 10.0 Å². The zero-order valence-corrected chi connectivity index (χ0v) is 23.1. The van der Waals surface area contributed by atoms with Crippen molar-refractivity contribution < 1.29 is 17.6 Å². The Balaban J connectivity index is 1.28. The van der Waals surface area contributed by atoms with E-state index in [0.717, 1.165) is 24.1 Å². The van der Waals surface area contributed by atoms with Crippen LogP contribution in [0.1, 0.15) is 28.8 Å². The van der Waals surface area contributed by atoms with Crippen molar-refractivity contribution in [3.05, 3.63) is 93.2 Å². The van der Waals surface area contributed by atoms with Crippen molar-refractivity contribution in [1.82, 2.24) is 9.62 Å². The maximum Gasteiger partial charge on any atom is 0.252 e. The van der Waals surface area contributed by atoms with E-state index in [1.165, 1.54) is 34.6 Å². The Morgan fingerprint density at radius 2 is 1.70 bits per heavy atom. The molecule has 1 aliphatic heterocycles. The largest absolute Gasteiger partial charge is 0.369 e. The third-order valence-electron chi connectivity index (χ3n) is 7.10. The number of hydrogen-bond acceptors (Lipinski definition) is 4. The molecule has 194 valence electrons. The maximum absolute atomic E-state index is 13.9. The van der Waals surface area contributed by atoms with Crippen LogP contribution in [0.2, 0.25) is 5.02 Å². The second kappa shape index (κ2) is 10.4. The summed E-state index contributed by atoms with van der Waals surface area (Å²) in [4.78, 5) is 15.2. The van der Waals surface area contributed by atoms with Gasteiger partial charge in [0.05, 0.1) is 15.5 Å². The summed E-state index contributed by atoms with van der Waals surface area (Å²) in [6.07, 6.45) is 1.64. The molecule has 0 bridgehead atoms. The van der Waals surface area contributed by atoms with Gasteiger partial charge < -0.3 is 10.2 Å². The monoisotopic (exact) mass is 605 g/mol. The summed E-state index contributed by atoms with van der Waals surface area (Å²) >= 11 is 9.63. The number of carbonyl (C=O) groups is 1. The van der Waals surface area contributed by atoms with Crippen LogP contribution in [-0.2, 0) is 15.4 Å². The van der Waals surface area contributed by atoms with Crippen LogP contribution in [0.3, 0.4) is 0 Å². The van der Waals surface area contributed by atoms with Gasteiger partial charge in [-0.15, -0.1) is 0 Å². The summed E-state index contributed by atoms with van der Waals surface area (Å²) in [6.45, 7) is 2.13. The highest BCUT2D eigenvalue weighted by Crippen LogP contribution is 2.48. The minimum Gasteiger partial charge on any atom is -0.369 e. The van der Waals surface area contributed by atoms with E-state index in [4.69, 9.17) is 11.6 Å². The number of anilines is 1. The van der Waals surface area contributed by atoms with Crippen molar-refractivity contribution in [2.75, 3.05) is 37.6 Å². The lowest BCUT2D eigenvalue weighted by Crippen LogP contribution is -2.48. The summed E-state index contributed by atoms with van der Waals surface area (Å²) in [7, 11) is -3.80. The molecule has 10 heteroatoms. The van der Waals surface area contributed by atoms with E-state index < -0.39 is 15.9 Å². The number of halogens is 3. The first kappa shape index (κ1) is 26.2. The topological polar surface area (TPSA) is 69.7 Å². The van der Waals surface area contributed by atoms with Crippen LogP contribution < -0.4 is 10.2 Å². The van der Waals surface area contributed by atoms with Crippen LogP contribution in [0.5, 0.6) is 0 Å². The van der Waals surface area contributed by atoms with Gasteiger partial charge in [0.25, 0.3) is 5.91 Å². The van der Waals surface area contributed by atoms with E-state index in [1.807, 2.05) is 36.4 Å². The molecule has 1 saturated carbocycles. The number of carbonyl (C=O) groups excluding carboxylic acids is 1. The van der Waals surface area contributed by atoms with E-state index in [-0.39, 0.29) is 26.7 Å². The lowest BCUT2D eigenvalue weighted by Gasteiger charge is -2.35. The molecule has 37 heavy (non-hydrogen) atoms. The van der Waals surface area contributed by atoms with Crippen molar-refractivity contribution in [3.8, 4) is 0 Å². The Bertz CT molecular complexity index is 1410. The summed E-state index contributed by atoms with van der Waals surface area (Å²) in [5.41, 5.74) is 1.64. The number of nitrogens with one attached hydrogen (secondary N) is 1. The number of piperazine rings is 1. The Hall–Kier alpha value is -2.46. The SMILES string of the molecule is O=C(NCC1(c2cc(F)cc(Br)c2)CC1)c1cc(S(=O)(=O)N2CCN(c3ccccc3)CC2)ccc1Cl. The fourth-order valence-electron chi connectivity index (χ4n) is 4.74. The molecular formula is C27H26BrClFN3O3S. The molecule has 2 fully saturated rings. The average molecular weight is 607 g/mol. The summed E-state index contributed by atoms with van der Waals surface area (Å²) in [5.74, 6) is -0.801. The molecule has 5 rings (SSSR count). The number of para-hydroxylation sites is 1. The van der Waals surface area contributed by atoms with Crippen LogP contribution in [0.25, 0.3) is 0 Å². The smallest absolute Gasteiger partial charge is 0.252 e. The van der Waals surface area contributed by atoms with Gasteiger partial charge in [0.1, 0.15) is 5.82 Å². The molecule has 1 amide bonds. The van der Waals surface area contributed by atoms with Crippen LogP contribution in [0.15, 0.2) is 76.1 Å². The van der Waals surface area contributed by atoms with Gasteiger partial charge in [-0.2, -0.15) is 4.31 Å². The molecule has 3 aromatic carbocycles. The summed E-state index contributed by atoms with van der Waals surface area (Å²) in [6, 6.07) is 18.8. The van der Waals surface area contributed by atoms with Gasteiger partial charge in [-0.3, -0.25) is 4.79 Å². The van der Waals surface area contributed by atoms with Gasteiger partial charge >= 0.3 is 0 Å². The molecule has 3 aromatic rings. The molecule has 0 radical (unpaired) electrons. The first-order valence-corrected chi connectivity index (χ1v) is 14.6. The first-order valence-electron chi connectivity index (χ1n) is 12.0. The number of sulfonamides is 1. The Kier molecular flexibility index (Phi) is 7.33. The van der Waals surface area contributed by atoms with Crippen LogP contribution in [-0.4, -0.2) is 51.4 Å². The van der Waals surface area contributed by atoms with Crippen LogP contribution in [0.4, 0.5) is 10.1 Å². The second-order valence-corrected chi connectivity index (χ2v) is 12.8. The van der Waals surface area contributed by atoms with Crippen LogP contribution >= 0.6 is 27.5 Å². The molecule has 0 unspecified atom stereocenters. The fourth-order valence-corrected chi connectivity index (χ4v) is 6.85. The van der Waals surface area contributed by atoms with Crippen molar-refractivity contribution in [2.45, 2.75) is 23.2 Å². The van der Waals surface area contributed by atoms with Gasteiger partial charge in [-0.1, -0.05) is 45.7 Å². The predicted molar refractivity (Wildman–Crippen MR) is 146 cm³/mol. The standard InChI is InChI=1S/C27H26BrClFN3O3S/c28-20-14-19(15-21(30)16-20)27(8-9-27)18-31-26(34)24-17-23(6-7-25(24)29)37(35,36)33-12-10-32(11-13-33)22-4-2-1-3-5-22/h1-7,14-17H,8-13,18H2,(H,31,34). The number of nitrogens with zero attached hydrogens (tertiary/aromatic N) is 2. The predicted octanol–water partition coefficient (Wildman–Crippen LogP) is 5.21. The van der Waals surface area contributed by atoms with E-state index in [0.29, 0.717) is 37.2 Å². The molecule has 1 N–H and O–H groups in total. The molecule has 0 spiro atoms. The van der Waals surface area contributed by atoms with E-state index in [9.17, 15) is 17.6 Å². The third kappa shape index (κ3) is 5.55. The van der Waals surface area contributed by atoms with E-state index >= 15 is 0 Å². The second-order valence-electron chi connectivity index (χ2n) is 9.49. The third-order valence-corrected chi connectivity index (χ3v) is 9.78. The number of rotatable bonds is 7. The maximum atomic E-state index is 13.9. The molecule has 6 nitrogen and oxygen atoms in total. The van der Waals surface area contributed by atoms with Crippen molar-refractivity contribution in [2.24, 2.45) is 0 Å². The number of amides is 1. The van der Waals surface area contributed by atoms with Gasteiger partial charge in [-0.25, -0.2) is 12.8 Å². The highest BCUT2D eigenvalue weighted by Gasteiger charge is 2.45. The first-order chi connectivity index (χ1) is 17.7. The zero-order chi connectivity index (χ0) is 26.2. The summed E-state index contributed by atoms with van der Waals surface area (Å²) < 4.78 is 42.8. The number of hydrogen-bond donors (Lipinski definition) is 1. The molecule has 1 aliphatic carbocycles. The zero-order valence-electron chi connectivity index (χ0n) is 20.0. The quantitative estimate of drug-likeness (QED) is 0.401. The average Bonchev–Trinajstić information content (AvgIpc) is 3.69. The minimum absolute atomic E-state index is 0.0328. The van der Waals surface area contributed by atoms with E-state index in [1.54, 1.807) is 0 Å². The summed E-state index contributed by atoms with van der Waals surface area (Å²) in [5, 5.41) is 3.06. The van der Waals surface area contributed by atoms with Crippen molar-refractivity contribution in [1.29, 1.82) is 0 Å². The van der Waals surface area contributed by atoms with Crippen molar-refractivity contribution in [3.63, 3.8) is 0 Å².